The van der Waals surface area contributed by atoms with Gasteiger partial charge in [0.1, 0.15) is 0 Å². The summed E-state index contributed by atoms with van der Waals surface area (Å²) in [6.45, 7) is 1.95. The quantitative estimate of drug-likeness (QED) is 0.771. The number of carbonyl (C=O) groups is 1. The molecule has 0 aliphatic rings. The number of carboxylic acid groups (broad SMARTS) is 1. The number of thiophene rings is 1. The Hall–Kier alpha value is -2.25. The molecule has 0 aliphatic carbocycles. The number of hydrogen-bond donors (Lipinski definition) is 2. The molecular weight excluding hydrogens is 290 g/mol. The van der Waals surface area contributed by atoms with Gasteiger partial charge in [0.25, 0.3) is 0 Å². The zero-order chi connectivity index (χ0) is 15.0. The molecule has 21 heavy (non-hydrogen) atoms. The third-order valence-corrected chi connectivity index (χ3v) is 4.09. The lowest BCUT2D eigenvalue weighted by molar-refractivity contribution is 0.0699. The summed E-state index contributed by atoms with van der Waals surface area (Å²) in [5.74, 6) is -1.01. The molecule has 108 valence electrons. The van der Waals surface area contributed by atoms with Crippen molar-refractivity contribution in [1.29, 1.82) is 0 Å². The van der Waals surface area contributed by atoms with Crippen molar-refractivity contribution in [2.75, 3.05) is 6.61 Å². The maximum Gasteiger partial charge on any atom is 0.336 e. The maximum atomic E-state index is 11.5. The van der Waals surface area contributed by atoms with E-state index in [4.69, 9.17) is 5.11 Å². The van der Waals surface area contributed by atoms with E-state index in [1.807, 2.05) is 17.5 Å². The number of aryl methyl sites for hydroxylation is 1. The molecule has 3 rings (SSSR count). The van der Waals surface area contributed by atoms with Gasteiger partial charge in [0.05, 0.1) is 40.4 Å². The number of pyridine rings is 1. The summed E-state index contributed by atoms with van der Waals surface area (Å²) in [5, 5.41) is 25.3. The Balaban J connectivity index is 2.33. The number of aliphatic hydroxyl groups is 1. The predicted octanol–water partition coefficient (Wildman–Crippen LogP) is 2.16. The van der Waals surface area contributed by atoms with Crippen LogP contribution in [0, 0.1) is 6.92 Å². The summed E-state index contributed by atoms with van der Waals surface area (Å²) >= 11 is 1.50. The van der Waals surface area contributed by atoms with E-state index < -0.39 is 5.97 Å². The highest BCUT2D eigenvalue weighted by Gasteiger charge is 2.19. The molecule has 0 spiro atoms. The Morgan fingerprint density at radius 2 is 2.29 bits per heavy atom. The normalized spacial score (nSPS) is 11.1. The molecule has 0 aliphatic heterocycles. The molecular formula is C14H13N3O3S. The summed E-state index contributed by atoms with van der Waals surface area (Å²) in [6.07, 6.45) is 0. The number of nitrogens with zero attached hydrogens (tertiary/aromatic N) is 3. The highest BCUT2D eigenvalue weighted by atomic mass is 32.1. The molecule has 0 radical (unpaired) electrons. The number of aromatic nitrogens is 3. The van der Waals surface area contributed by atoms with E-state index in [-0.39, 0.29) is 18.7 Å². The van der Waals surface area contributed by atoms with Crippen molar-refractivity contribution in [2.24, 2.45) is 0 Å². The van der Waals surface area contributed by atoms with Crippen LogP contribution in [0.25, 0.3) is 21.6 Å². The number of fused-ring (bicyclic) bond motifs is 1. The van der Waals surface area contributed by atoms with Crippen LogP contribution in [0.15, 0.2) is 23.6 Å². The lowest BCUT2D eigenvalue weighted by Gasteiger charge is -2.04. The molecule has 0 saturated carbocycles. The molecule has 3 aromatic rings. The first-order valence-corrected chi connectivity index (χ1v) is 7.26. The largest absolute Gasteiger partial charge is 0.478 e. The summed E-state index contributed by atoms with van der Waals surface area (Å²) in [5.41, 5.74) is 1.88. The van der Waals surface area contributed by atoms with Gasteiger partial charge in [0, 0.05) is 0 Å². The van der Waals surface area contributed by atoms with Crippen LogP contribution in [0.4, 0.5) is 0 Å². The smallest absolute Gasteiger partial charge is 0.336 e. The van der Waals surface area contributed by atoms with E-state index in [0.717, 1.165) is 4.88 Å². The number of hydrogen-bond acceptors (Lipinski definition) is 5. The van der Waals surface area contributed by atoms with Gasteiger partial charge in [0.2, 0.25) is 0 Å². The zero-order valence-electron chi connectivity index (χ0n) is 11.3. The molecule has 0 amide bonds. The van der Waals surface area contributed by atoms with Crippen molar-refractivity contribution in [3.63, 3.8) is 0 Å². The first kappa shape index (κ1) is 13.7. The minimum absolute atomic E-state index is 0.0798. The van der Waals surface area contributed by atoms with Crippen LogP contribution in [0.5, 0.6) is 0 Å². The Labute approximate surface area is 124 Å². The molecule has 7 heteroatoms. The van der Waals surface area contributed by atoms with E-state index >= 15 is 0 Å². The minimum Gasteiger partial charge on any atom is -0.478 e. The van der Waals surface area contributed by atoms with Crippen molar-refractivity contribution >= 4 is 28.3 Å². The third kappa shape index (κ3) is 2.30. The second kappa shape index (κ2) is 5.27. The molecule has 0 saturated heterocycles. The molecule has 3 heterocycles. The molecule has 3 aromatic heterocycles. The van der Waals surface area contributed by atoms with E-state index in [0.29, 0.717) is 22.4 Å². The fourth-order valence-electron chi connectivity index (χ4n) is 2.32. The van der Waals surface area contributed by atoms with E-state index in [1.165, 1.54) is 11.3 Å². The Kier molecular flexibility index (Phi) is 3.44. The van der Waals surface area contributed by atoms with Crippen LogP contribution in [-0.2, 0) is 6.54 Å². The zero-order valence-corrected chi connectivity index (χ0v) is 12.1. The highest BCUT2D eigenvalue weighted by Crippen LogP contribution is 2.29. The average Bonchev–Trinajstić information content (AvgIpc) is 3.08. The molecule has 6 nitrogen and oxygen atoms in total. The van der Waals surface area contributed by atoms with Crippen LogP contribution < -0.4 is 0 Å². The van der Waals surface area contributed by atoms with Gasteiger partial charge in [0.15, 0.2) is 5.65 Å². The molecule has 0 bridgehead atoms. The molecule has 0 fully saturated rings. The molecule has 2 N–H and O–H groups in total. The number of carboxylic acids is 1. The van der Waals surface area contributed by atoms with Gasteiger partial charge in [-0.2, -0.15) is 5.10 Å². The fraction of sp³-hybridized carbons (Fsp3) is 0.214. The van der Waals surface area contributed by atoms with Crippen molar-refractivity contribution in [2.45, 2.75) is 13.5 Å². The fourth-order valence-corrected chi connectivity index (χ4v) is 3.01. The minimum atomic E-state index is -1.01. The van der Waals surface area contributed by atoms with Crippen LogP contribution >= 0.6 is 11.3 Å². The third-order valence-electron chi connectivity index (χ3n) is 3.19. The second-order valence-corrected chi connectivity index (χ2v) is 5.52. The maximum absolute atomic E-state index is 11.5. The van der Waals surface area contributed by atoms with E-state index in [9.17, 15) is 9.90 Å². The molecule has 0 atom stereocenters. The first-order valence-electron chi connectivity index (χ1n) is 6.38. The second-order valence-electron chi connectivity index (χ2n) is 4.57. The molecule has 0 unspecified atom stereocenters. The standard InChI is InChI=1S/C14H13N3O3S/c1-8-12-9(14(19)20)7-10(11-3-2-6-21-11)15-13(12)17(16-8)4-5-18/h2-3,6-7,18H,4-5H2,1H3,(H,19,20). The molecule has 0 aromatic carbocycles. The van der Waals surface area contributed by atoms with Crippen LogP contribution in [0.3, 0.4) is 0 Å². The summed E-state index contributed by atoms with van der Waals surface area (Å²) in [6, 6.07) is 5.36. The Morgan fingerprint density at radius 1 is 1.48 bits per heavy atom. The van der Waals surface area contributed by atoms with Gasteiger partial charge in [-0.1, -0.05) is 6.07 Å². The lowest BCUT2D eigenvalue weighted by Crippen LogP contribution is -2.06. The topological polar surface area (TPSA) is 88.2 Å². The number of aliphatic hydroxyl groups excluding tert-OH is 1. The summed E-state index contributed by atoms with van der Waals surface area (Å²) < 4.78 is 1.55. The lowest BCUT2D eigenvalue weighted by atomic mass is 10.1. The van der Waals surface area contributed by atoms with Gasteiger partial charge in [-0.25, -0.2) is 14.5 Å². The monoisotopic (exact) mass is 303 g/mol. The summed E-state index contributed by atoms with van der Waals surface area (Å²) in [7, 11) is 0. The van der Waals surface area contributed by atoms with Gasteiger partial charge >= 0.3 is 5.97 Å². The van der Waals surface area contributed by atoms with Crippen LogP contribution in [0.2, 0.25) is 0 Å². The Bertz CT molecular complexity index is 809. The first-order chi connectivity index (χ1) is 10.1. The van der Waals surface area contributed by atoms with Crippen molar-refractivity contribution in [3.05, 3.63) is 34.8 Å². The van der Waals surface area contributed by atoms with Gasteiger partial charge in [-0.15, -0.1) is 11.3 Å². The van der Waals surface area contributed by atoms with Gasteiger partial charge in [-0.3, -0.25) is 0 Å². The van der Waals surface area contributed by atoms with Crippen molar-refractivity contribution < 1.29 is 15.0 Å². The van der Waals surface area contributed by atoms with E-state index in [1.54, 1.807) is 17.7 Å². The summed E-state index contributed by atoms with van der Waals surface area (Å²) in [4.78, 5) is 17.0. The highest BCUT2D eigenvalue weighted by molar-refractivity contribution is 7.13. The average molecular weight is 303 g/mol. The van der Waals surface area contributed by atoms with Crippen molar-refractivity contribution in [1.82, 2.24) is 14.8 Å². The number of aromatic carboxylic acids is 1. The SMILES string of the molecule is Cc1nn(CCO)c2nc(-c3cccs3)cc(C(=O)O)c12. The number of rotatable bonds is 4. The van der Waals surface area contributed by atoms with Gasteiger partial charge in [-0.05, 0) is 24.4 Å². The van der Waals surface area contributed by atoms with Crippen LogP contribution in [0.1, 0.15) is 16.1 Å². The Morgan fingerprint density at radius 3 is 2.90 bits per heavy atom. The van der Waals surface area contributed by atoms with Crippen molar-refractivity contribution in [3.8, 4) is 10.6 Å². The van der Waals surface area contributed by atoms with E-state index in [2.05, 4.69) is 10.1 Å². The van der Waals surface area contributed by atoms with Gasteiger partial charge < -0.3 is 10.2 Å². The predicted molar refractivity (Wildman–Crippen MR) is 79.6 cm³/mol. The van der Waals surface area contributed by atoms with Crippen LogP contribution in [-0.4, -0.2) is 37.6 Å².